The summed E-state index contributed by atoms with van der Waals surface area (Å²) >= 11 is 1.08. The van der Waals surface area contributed by atoms with Crippen LogP contribution in [0.4, 0.5) is 35.1 Å². The van der Waals surface area contributed by atoms with Crippen LogP contribution in [-0.2, 0) is 22.1 Å². The van der Waals surface area contributed by atoms with Crippen molar-refractivity contribution in [2.45, 2.75) is 39.2 Å². The number of hydrogen-bond donors (Lipinski definition) is 1. The molecule has 3 aromatic heterocycles. The Kier molecular flexibility index (Phi) is 14.4. The van der Waals surface area contributed by atoms with Crippen LogP contribution in [0.3, 0.4) is 0 Å². The van der Waals surface area contributed by atoms with E-state index in [0.717, 1.165) is 25.1 Å². The molecule has 10 nitrogen and oxygen atoms in total. The molecule has 0 aromatic carbocycles. The molecular formula is C29H26F8N4O6S. The van der Waals surface area contributed by atoms with E-state index in [2.05, 4.69) is 29.4 Å². The van der Waals surface area contributed by atoms with E-state index in [1.54, 1.807) is 26.0 Å². The molecule has 0 unspecified atom stereocenters. The molecular weight excluding hydrogens is 684 g/mol. The highest BCUT2D eigenvalue weighted by molar-refractivity contribution is 8.14. The Labute approximate surface area is 271 Å². The van der Waals surface area contributed by atoms with Gasteiger partial charge in [0.15, 0.2) is 5.69 Å². The van der Waals surface area contributed by atoms with Crippen molar-refractivity contribution in [3.05, 3.63) is 88.3 Å². The second kappa shape index (κ2) is 17.5. The van der Waals surface area contributed by atoms with Gasteiger partial charge in [-0.15, -0.1) is 24.9 Å². The summed E-state index contributed by atoms with van der Waals surface area (Å²) in [5, 5.41) is 8.38. The van der Waals surface area contributed by atoms with Crippen molar-refractivity contribution in [1.29, 1.82) is 0 Å². The van der Waals surface area contributed by atoms with E-state index in [0.29, 0.717) is 12.3 Å². The number of aromatic carboxylic acids is 1. The Morgan fingerprint density at radius 2 is 1.69 bits per heavy atom. The fourth-order valence-electron chi connectivity index (χ4n) is 3.81. The number of carboxylic acid groups (broad SMARTS) is 1. The smallest absolute Gasteiger partial charge is 0.477 e. The molecule has 4 heterocycles. The zero-order valence-corrected chi connectivity index (χ0v) is 25.9. The number of aromatic nitrogens is 3. The van der Waals surface area contributed by atoms with Crippen molar-refractivity contribution in [3.8, 4) is 0 Å². The zero-order chi connectivity index (χ0) is 36.2. The summed E-state index contributed by atoms with van der Waals surface area (Å²) in [6.07, 6.45) is -9.52. The fourth-order valence-corrected chi connectivity index (χ4v) is 4.74. The molecule has 19 heteroatoms. The molecule has 0 saturated heterocycles. The maximum atomic E-state index is 13.6. The van der Waals surface area contributed by atoms with E-state index >= 15 is 0 Å². The van der Waals surface area contributed by atoms with E-state index in [1.165, 1.54) is 30.6 Å². The molecule has 4 rings (SSSR count). The van der Waals surface area contributed by atoms with E-state index < -0.39 is 59.4 Å². The Bertz CT molecular complexity index is 1590. The predicted molar refractivity (Wildman–Crippen MR) is 155 cm³/mol. The first-order valence-corrected chi connectivity index (χ1v) is 14.4. The molecule has 0 saturated carbocycles. The minimum Gasteiger partial charge on any atom is -0.477 e. The number of aliphatic imine (C=N–C) groups is 1. The van der Waals surface area contributed by atoms with Crippen LogP contribution >= 0.6 is 11.8 Å². The second-order valence-electron chi connectivity index (χ2n) is 9.59. The maximum Gasteiger partial charge on any atom is 0.575 e. The van der Waals surface area contributed by atoms with Crippen LogP contribution in [0.5, 0.6) is 0 Å². The van der Waals surface area contributed by atoms with Gasteiger partial charge in [-0.25, -0.2) is 33.1 Å². The van der Waals surface area contributed by atoms with E-state index in [4.69, 9.17) is 5.11 Å². The molecule has 0 radical (unpaired) electrons. The fraction of sp³-hybridized carbons (Fsp3) is 0.345. The number of ether oxygens (including phenoxy) is 2. The van der Waals surface area contributed by atoms with Gasteiger partial charge in [-0.1, -0.05) is 19.9 Å². The molecule has 48 heavy (non-hydrogen) atoms. The highest BCUT2D eigenvalue weighted by atomic mass is 32.2. The van der Waals surface area contributed by atoms with Gasteiger partial charge in [-0.05, 0) is 42.2 Å². The van der Waals surface area contributed by atoms with Crippen LogP contribution in [0.15, 0.2) is 53.9 Å². The van der Waals surface area contributed by atoms with Gasteiger partial charge in [0.1, 0.15) is 16.4 Å². The van der Waals surface area contributed by atoms with Crippen molar-refractivity contribution in [3.63, 3.8) is 0 Å². The van der Waals surface area contributed by atoms with Crippen molar-refractivity contribution in [2.24, 2.45) is 10.9 Å². The first-order valence-electron chi connectivity index (χ1n) is 13.4. The number of thioether (sulfide) groups is 1. The predicted octanol–water partition coefficient (Wildman–Crippen LogP) is 7.05. The summed E-state index contributed by atoms with van der Waals surface area (Å²) in [7, 11) is 0.982. The maximum absolute atomic E-state index is 13.6. The number of halogens is 8. The Hall–Kier alpha value is -4.68. The molecule has 1 aliphatic rings. The summed E-state index contributed by atoms with van der Waals surface area (Å²) in [4.78, 5) is 47.2. The van der Waals surface area contributed by atoms with Crippen LogP contribution < -0.4 is 0 Å². The minimum absolute atomic E-state index is 0.0231. The Balaban J connectivity index is 0.000000299. The van der Waals surface area contributed by atoms with Gasteiger partial charge >= 0.3 is 30.4 Å². The third kappa shape index (κ3) is 11.8. The highest BCUT2D eigenvalue weighted by Crippen LogP contribution is 2.40. The summed E-state index contributed by atoms with van der Waals surface area (Å²) in [5.74, 6) is -3.31. The third-order valence-electron chi connectivity index (χ3n) is 5.59. The number of pyridine rings is 3. The molecule has 0 bridgehead atoms. The van der Waals surface area contributed by atoms with Crippen LogP contribution in [0.2, 0.25) is 0 Å². The van der Waals surface area contributed by atoms with Crippen LogP contribution in [0, 0.1) is 5.92 Å². The van der Waals surface area contributed by atoms with Crippen molar-refractivity contribution >= 4 is 34.7 Å². The highest BCUT2D eigenvalue weighted by Gasteiger charge is 2.42. The summed E-state index contributed by atoms with van der Waals surface area (Å²) < 4.78 is 110. The quantitative estimate of drug-likeness (QED) is 0.200. The van der Waals surface area contributed by atoms with Gasteiger partial charge in [-0.3, -0.25) is 9.98 Å². The number of carboxylic acids is 1. The molecule has 0 aliphatic carbocycles. The summed E-state index contributed by atoms with van der Waals surface area (Å²) in [6.45, 7) is 3.73. The number of rotatable bonds is 7. The largest absolute Gasteiger partial charge is 0.575 e. The number of hydrogen-bond acceptors (Lipinski definition) is 10. The monoisotopic (exact) mass is 710 g/mol. The standard InChI is InChI=1S/C16H17F5N2O2S.C7H4F3NO2.C6H5NO2/c1-7(2)6-8-9(15(24)25-3)11(13(17)18)23-12(16(19,20)21)10(8)14-22-4-5-26-14;8-7(9,10)13-6(12)5-2-1-3-11-4-5;8-6(9)5-3-1-2-4-7-5/h7,13H,4-6H2,1-3H3;1-4H;1-4H,(H,8,9). The normalized spacial score (nSPS) is 12.7. The zero-order valence-electron chi connectivity index (χ0n) is 25.1. The molecule has 1 N–H and O–H groups in total. The summed E-state index contributed by atoms with van der Waals surface area (Å²) in [6, 6.07) is 7.28. The van der Waals surface area contributed by atoms with E-state index in [9.17, 15) is 49.5 Å². The molecule has 3 aromatic rings. The lowest BCUT2D eigenvalue weighted by Crippen LogP contribution is -2.24. The first kappa shape index (κ1) is 39.5. The molecule has 0 fully saturated rings. The van der Waals surface area contributed by atoms with Crippen molar-refractivity contribution in [2.75, 3.05) is 19.4 Å². The van der Waals surface area contributed by atoms with Crippen molar-refractivity contribution < 1.29 is 64.1 Å². The molecule has 260 valence electrons. The Morgan fingerprint density at radius 1 is 1.00 bits per heavy atom. The lowest BCUT2D eigenvalue weighted by atomic mass is 9.91. The number of methoxy groups -OCH3 is 1. The van der Waals surface area contributed by atoms with Crippen LogP contribution in [0.25, 0.3) is 0 Å². The number of carbonyl (C=O) groups excluding carboxylic acids is 2. The topological polar surface area (TPSA) is 141 Å². The van der Waals surface area contributed by atoms with Gasteiger partial charge in [0, 0.05) is 36.5 Å². The van der Waals surface area contributed by atoms with Crippen LogP contribution in [-0.4, -0.2) is 68.8 Å². The number of esters is 2. The lowest BCUT2D eigenvalue weighted by Gasteiger charge is -2.22. The summed E-state index contributed by atoms with van der Waals surface area (Å²) in [5.41, 5.74) is -3.95. The second-order valence-corrected chi connectivity index (χ2v) is 10.7. The van der Waals surface area contributed by atoms with Gasteiger partial charge in [-0.2, -0.15) is 13.2 Å². The molecule has 1 aliphatic heterocycles. The van der Waals surface area contributed by atoms with Gasteiger partial charge in [0.2, 0.25) is 0 Å². The van der Waals surface area contributed by atoms with Gasteiger partial charge < -0.3 is 14.6 Å². The third-order valence-corrected chi connectivity index (χ3v) is 6.59. The van der Waals surface area contributed by atoms with Gasteiger partial charge in [0.05, 0.1) is 18.2 Å². The molecule has 0 amide bonds. The van der Waals surface area contributed by atoms with Crippen molar-refractivity contribution in [1.82, 2.24) is 15.0 Å². The van der Waals surface area contributed by atoms with E-state index in [1.807, 2.05) is 0 Å². The number of carbonyl (C=O) groups is 3. The molecule has 0 atom stereocenters. The SMILES string of the molecule is COC(=O)c1c(C(F)F)nc(C(F)(F)F)c(C2=NCCS2)c1CC(C)C.O=C(O)c1ccccn1.O=C(OC(F)(F)F)c1cccnc1. The van der Waals surface area contributed by atoms with Gasteiger partial charge in [0.25, 0.3) is 6.43 Å². The minimum atomic E-state index is -4.97. The van der Waals surface area contributed by atoms with E-state index in [-0.39, 0.29) is 34.2 Å². The lowest BCUT2D eigenvalue weighted by molar-refractivity contribution is -0.291. The Morgan fingerprint density at radius 3 is 2.10 bits per heavy atom. The average Bonchev–Trinajstić information content (AvgIpc) is 3.55. The number of alkyl halides is 8. The molecule has 0 spiro atoms. The van der Waals surface area contributed by atoms with Crippen LogP contribution in [0.1, 0.15) is 74.0 Å². The average molecular weight is 711 g/mol. The first-order chi connectivity index (χ1) is 22.4. The number of nitrogens with zero attached hydrogens (tertiary/aromatic N) is 4.